The van der Waals surface area contributed by atoms with Gasteiger partial charge in [0, 0.05) is 5.69 Å². The number of aryl methyl sites for hydroxylation is 1. The minimum absolute atomic E-state index is 0.191. The highest BCUT2D eigenvalue weighted by molar-refractivity contribution is 5.78. The molecular formula is C13H13N3O2. The summed E-state index contributed by atoms with van der Waals surface area (Å²) in [5.41, 5.74) is 2.34. The van der Waals surface area contributed by atoms with E-state index in [2.05, 4.69) is 15.3 Å². The first-order valence-electron chi connectivity index (χ1n) is 5.72. The Hall–Kier alpha value is -2.43. The second-order valence-electron chi connectivity index (χ2n) is 4.21. The molecule has 2 aromatic heterocycles. The van der Waals surface area contributed by atoms with E-state index in [1.807, 2.05) is 37.3 Å². The maximum absolute atomic E-state index is 11.1. The van der Waals surface area contributed by atoms with Crippen molar-refractivity contribution in [2.45, 2.75) is 13.5 Å². The van der Waals surface area contributed by atoms with Gasteiger partial charge < -0.3 is 19.7 Å². The summed E-state index contributed by atoms with van der Waals surface area (Å²) < 4.78 is 5.47. The van der Waals surface area contributed by atoms with Crippen molar-refractivity contribution in [1.82, 2.24) is 9.97 Å². The number of H-pyrrole nitrogens is 2. The maximum atomic E-state index is 11.1. The molecule has 0 aliphatic rings. The van der Waals surface area contributed by atoms with Crippen LogP contribution in [0.25, 0.3) is 11.0 Å². The first-order chi connectivity index (χ1) is 8.70. The summed E-state index contributed by atoms with van der Waals surface area (Å²) >= 11 is 0. The van der Waals surface area contributed by atoms with E-state index < -0.39 is 0 Å². The average molecular weight is 243 g/mol. The van der Waals surface area contributed by atoms with Gasteiger partial charge in [0.1, 0.15) is 11.5 Å². The molecule has 2 heterocycles. The lowest BCUT2D eigenvalue weighted by molar-refractivity contribution is 0.490. The topological polar surface area (TPSA) is 73.8 Å². The van der Waals surface area contributed by atoms with Crippen molar-refractivity contribution in [2.24, 2.45) is 0 Å². The van der Waals surface area contributed by atoms with Gasteiger partial charge >= 0.3 is 5.69 Å². The Kier molecular flexibility index (Phi) is 2.44. The van der Waals surface area contributed by atoms with Gasteiger partial charge in [0.2, 0.25) is 0 Å². The highest BCUT2D eigenvalue weighted by Crippen LogP contribution is 2.16. The molecule has 92 valence electrons. The third kappa shape index (κ3) is 2.02. The SMILES string of the molecule is Cc1ccc(CNc2ccc3[nH]c(=O)[nH]c3c2)o1. The number of rotatable bonds is 3. The zero-order valence-electron chi connectivity index (χ0n) is 9.91. The molecule has 5 nitrogen and oxygen atoms in total. The van der Waals surface area contributed by atoms with Crippen LogP contribution in [0.2, 0.25) is 0 Å². The highest BCUT2D eigenvalue weighted by Gasteiger charge is 2.01. The van der Waals surface area contributed by atoms with Crippen LogP contribution in [-0.2, 0) is 6.54 Å². The fourth-order valence-corrected chi connectivity index (χ4v) is 1.91. The number of hydrogen-bond donors (Lipinski definition) is 3. The van der Waals surface area contributed by atoms with Crippen LogP contribution in [0.15, 0.2) is 39.5 Å². The van der Waals surface area contributed by atoms with Crippen LogP contribution in [0.4, 0.5) is 5.69 Å². The Morgan fingerprint density at radius 1 is 1.17 bits per heavy atom. The maximum Gasteiger partial charge on any atom is 0.323 e. The summed E-state index contributed by atoms with van der Waals surface area (Å²) in [6, 6.07) is 9.55. The lowest BCUT2D eigenvalue weighted by atomic mass is 10.2. The summed E-state index contributed by atoms with van der Waals surface area (Å²) in [5.74, 6) is 1.78. The standard InChI is InChI=1S/C13H13N3O2/c1-8-2-4-10(18-8)7-14-9-3-5-11-12(6-9)16-13(17)15-11/h2-6,14H,7H2,1H3,(H2,15,16,17). The zero-order chi connectivity index (χ0) is 12.5. The van der Waals surface area contributed by atoms with Crippen molar-refractivity contribution in [3.63, 3.8) is 0 Å². The van der Waals surface area contributed by atoms with Gasteiger partial charge in [-0.1, -0.05) is 0 Å². The molecule has 0 spiro atoms. The van der Waals surface area contributed by atoms with Gasteiger partial charge in [0.25, 0.3) is 0 Å². The average Bonchev–Trinajstić information content (AvgIpc) is 2.90. The Bertz CT molecular complexity index is 736. The van der Waals surface area contributed by atoms with Crippen molar-refractivity contribution in [1.29, 1.82) is 0 Å². The van der Waals surface area contributed by atoms with E-state index in [4.69, 9.17) is 4.42 Å². The number of fused-ring (bicyclic) bond motifs is 1. The first-order valence-corrected chi connectivity index (χ1v) is 5.72. The van der Waals surface area contributed by atoms with E-state index in [9.17, 15) is 4.79 Å². The third-order valence-electron chi connectivity index (χ3n) is 2.78. The first kappa shape index (κ1) is 10.7. The predicted octanol–water partition coefficient (Wildman–Crippen LogP) is 2.37. The molecule has 3 rings (SSSR count). The molecule has 3 aromatic rings. The fourth-order valence-electron chi connectivity index (χ4n) is 1.91. The summed E-state index contributed by atoms with van der Waals surface area (Å²) in [4.78, 5) is 16.6. The van der Waals surface area contributed by atoms with Gasteiger partial charge in [0.05, 0.1) is 17.6 Å². The van der Waals surface area contributed by atoms with Crippen LogP contribution in [-0.4, -0.2) is 9.97 Å². The molecule has 0 unspecified atom stereocenters. The number of anilines is 1. The number of benzene rings is 1. The highest BCUT2D eigenvalue weighted by atomic mass is 16.3. The zero-order valence-corrected chi connectivity index (χ0v) is 9.91. The molecule has 0 aliphatic heterocycles. The molecule has 3 N–H and O–H groups in total. The Balaban J connectivity index is 1.80. The Morgan fingerprint density at radius 3 is 2.78 bits per heavy atom. The van der Waals surface area contributed by atoms with Gasteiger partial charge in [-0.25, -0.2) is 4.79 Å². The van der Waals surface area contributed by atoms with Crippen LogP contribution in [0.5, 0.6) is 0 Å². The molecule has 0 atom stereocenters. The van der Waals surface area contributed by atoms with E-state index in [0.717, 1.165) is 28.2 Å². The van der Waals surface area contributed by atoms with Gasteiger partial charge in [-0.05, 0) is 37.3 Å². The second kappa shape index (κ2) is 4.10. The van der Waals surface area contributed by atoms with Crippen molar-refractivity contribution < 1.29 is 4.42 Å². The molecule has 0 aliphatic carbocycles. The monoisotopic (exact) mass is 243 g/mol. The molecule has 0 saturated carbocycles. The Morgan fingerprint density at radius 2 is 2.00 bits per heavy atom. The summed E-state index contributed by atoms with van der Waals surface area (Å²) in [6.45, 7) is 2.54. The predicted molar refractivity (Wildman–Crippen MR) is 69.7 cm³/mol. The number of aromatic nitrogens is 2. The molecule has 5 heteroatoms. The van der Waals surface area contributed by atoms with Crippen LogP contribution >= 0.6 is 0 Å². The number of aromatic amines is 2. The molecular weight excluding hydrogens is 230 g/mol. The minimum atomic E-state index is -0.191. The quantitative estimate of drug-likeness (QED) is 0.661. The van der Waals surface area contributed by atoms with E-state index in [1.54, 1.807) is 0 Å². The van der Waals surface area contributed by atoms with Crippen LogP contribution in [0, 0.1) is 6.92 Å². The lowest BCUT2D eigenvalue weighted by Gasteiger charge is -2.04. The van der Waals surface area contributed by atoms with Gasteiger partial charge in [-0.2, -0.15) is 0 Å². The Labute approximate surface area is 103 Å². The van der Waals surface area contributed by atoms with Gasteiger partial charge in [-0.15, -0.1) is 0 Å². The normalized spacial score (nSPS) is 10.9. The van der Waals surface area contributed by atoms with Crippen LogP contribution < -0.4 is 11.0 Å². The molecule has 0 radical (unpaired) electrons. The molecule has 0 bridgehead atoms. The molecule has 1 aromatic carbocycles. The van der Waals surface area contributed by atoms with Gasteiger partial charge in [-0.3, -0.25) is 0 Å². The summed E-state index contributed by atoms with van der Waals surface area (Å²) in [5, 5.41) is 3.25. The van der Waals surface area contributed by atoms with Crippen LogP contribution in [0.3, 0.4) is 0 Å². The lowest BCUT2D eigenvalue weighted by Crippen LogP contribution is -1.99. The molecule has 0 saturated heterocycles. The molecule has 0 amide bonds. The fraction of sp³-hybridized carbons (Fsp3) is 0.154. The van der Waals surface area contributed by atoms with Crippen molar-refractivity contribution >= 4 is 16.7 Å². The van der Waals surface area contributed by atoms with Crippen molar-refractivity contribution in [3.8, 4) is 0 Å². The number of furan rings is 1. The van der Waals surface area contributed by atoms with Crippen molar-refractivity contribution in [3.05, 3.63) is 52.3 Å². The van der Waals surface area contributed by atoms with E-state index in [0.29, 0.717) is 6.54 Å². The van der Waals surface area contributed by atoms with E-state index in [-0.39, 0.29) is 5.69 Å². The molecule has 18 heavy (non-hydrogen) atoms. The summed E-state index contributed by atoms with van der Waals surface area (Å²) in [7, 11) is 0. The van der Waals surface area contributed by atoms with Crippen molar-refractivity contribution in [2.75, 3.05) is 5.32 Å². The second-order valence-corrected chi connectivity index (χ2v) is 4.21. The molecule has 0 fully saturated rings. The van der Waals surface area contributed by atoms with Crippen LogP contribution in [0.1, 0.15) is 11.5 Å². The van der Waals surface area contributed by atoms with Gasteiger partial charge in [0.15, 0.2) is 0 Å². The summed E-state index contributed by atoms with van der Waals surface area (Å²) in [6.07, 6.45) is 0. The largest absolute Gasteiger partial charge is 0.465 e. The smallest absolute Gasteiger partial charge is 0.323 e. The number of imidazole rings is 1. The van der Waals surface area contributed by atoms with E-state index in [1.165, 1.54) is 0 Å². The third-order valence-corrected chi connectivity index (χ3v) is 2.78. The number of hydrogen-bond acceptors (Lipinski definition) is 3. The minimum Gasteiger partial charge on any atom is -0.465 e. The number of nitrogens with one attached hydrogen (secondary N) is 3. The van der Waals surface area contributed by atoms with E-state index >= 15 is 0 Å².